The topological polar surface area (TPSA) is 72.2 Å². The summed E-state index contributed by atoms with van der Waals surface area (Å²) < 4.78 is 24.4. The molecular weight excluding hydrogens is 276 g/mol. The van der Waals surface area contributed by atoms with Gasteiger partial charge in [-0.25, -0.2) is 8.42 Å². The van der Waals surface area contributed by atoms with Crippen LogP contribution in [0.5, 0.6) is 0 Å². The van der Waals surface area contributed by atoms with Crippen molar-refractivity contribution in [2.75, 3.05) is 11.5 Å². The number of aryl methyl sites for hydroxylation is 1. The molecule has 7 heteroatoms. The SMILES string of the molecule is CCS(=O)(=O)CCn1nc(C2CC2)c(CO)c1Cl. The molecule has 5 nitrogen and oxygen atoms in total. The Hall–Kier alpha value is -0.590. The number of halogens is 1. The molecule has 0 unspecified atom stereocenters. The molecule has 1 saturated carbocycles. The fourth-order valence-corrected chi connectivity index (χ4v) is 2.86. The van der Waals surface area contributed by atoms with Crippen LogP contribution in [0.15, 0.2) is 0 Å². The largest absolute Gasteiger partial charge is 0.391 e. The van der Waals surface area contributed by atoms with Crippen molar-refractivity contribution in [3.8, 4) is 0 Å². The second kappa shape index (κ2) is 5.19. The van der Waals surface area contributed by atoms with Crippen LogP contribution in [0.25, 0.3) is 0 Å². The number of nitrogens with zero attached hydrogens (tertiary/aromatic N) is 2. The second-order valence-electron chi connectivity index (χ2n) is 4.55. The first-order valence-corrected chi connectivity index (χ1v) is 8.24. The molecule has 0 saturated heterocycles. The molecule has 18 heavy (non-hydrogen) atoms. The van der Waals surface area contributed by atoms with Crippen molar-refractivity contribution in [2.45, 2.75) is 38.8 Å². The molecule has 2 rings (SSSR count). The first kappa shape index (κ1) is 13.8. The highest BCUT2D eigenvalue weighted by molar-refractivity contribution is 7.91. The number of aliphatic hydroxyl groups excluding tert-OH is 1. The van der Waals surface area contributed by atoms with Crippen molar-refractivity contribution in [1.82, 2.24) is 9.78 Å². The molecule has 0 aliphatic heterocycles. The van der Waals surface area contributed by atoms with Gasteiger partial charge in [0.05, 0.1) is 24.6 Å². The van der Waals surface area contributed by atoms with E-state index in [0.29, 0.717) is 16.6 Å². The van der Waals surface area contributed by atoms with Crippen molar-refractivity contribution < 1.29 is 13.5 Å². The minimum Gasteiger partial charge on any atom is -0.391 e. The van der Waals surface area contributed by atoms with Crippen molar-refractivity contribution in [3.63, 3.8) is 0 Å². The van der Waals surface area contributed by atoms with Crippen molar-refractivity contribution in [1.29, 1.82) is 0 Å². The van der Waals surface area contributed by atoms with Crippen LogP contribution in [-0.2, 0) is 23.0 Å². The van der Waals surface area contributed by atoms with Gasteiger partial charge in [0.1, 0.15) is 5.15 Å². The lowest BCUT2D eigenvalue weighted by molar-refractivity contribution is 0.280. The molecule has 0 spiro atoms. The lowest BCUT2D eigenvalue weighted by atomic mass is 10.2. The highest BCUT2D eigenvalue weighted by Gasteiger charge is 2.31. The molecule has 1 aliphatic carbocycles. The van der Waals surface area contributed by atoms with Gasteiger partial charge in [0.2, 0.25) is 0 Å². The summed E-state index contributed by atoms with van der Waals surface area (Å²) in [5.41, 5.74) is 1.48. The Morgan fingerprint density at radius 1 is 1.50 bits per heavy atom. The minimum atomic E-state index is -3.03. The standard InChI is InChI=1S/C11H17ClN2O3S/c1-2-18(16,17)6-5-14-11(12)9(7-15)10(13-14)8-3-4-8/h8,15H,2-7H2,1H3. The van der Waals surface area contributed by atoms with E-state index in [4.69, 9.17) is 11.6 Å². The summed E-state index contributed by atoms with van der Waals surface area (Å²) in [7, 11) is -3.03. The normalized spacial score (nSPS) is 16.2. The van der Waals surface area contributed by atoms with E-state index in [-0.39, 0.29) is 24.7 Å². The Bertz CT molecular complexity index is 535. The van der Waals surface area contributed by atoms with Crippen LogP contribution in [0, 0.1) is 0 Å². The predicted molar refractivity (Wildman–Crippen MR) is 69.5 cm³/mol. The van der Waals surface area contributed by atoms with E-state index in [2.05, 4.69) is 5.10 Å². The minimum absolute atomic E-state index is 0.0277. The van der Waals surface area contributed by atoms with Crippen molar-refractivity contribution >= 4 is 21.4 Å². The maximum Gasteiger partial charge on any atom is 0.151 e. The molecule has 1 N–H and O–H groups in total. The second-order valence-corrected chi connectivity index (χ2v) is 7.38. The Kier molecular flexibility index (Phi) is 3.99. The Morgan fingerprint density at radius 2 is 2.17 bits per heavy atom. The smallest absolute Gasteiger partial charge is 0.151 e. The number of hydrogen-bond donors (Lipinski definition) is 1. The average molecular weight is 293 g/mol. The number of sulfone groups is 1. The molecule has 1 aliphatic rings. The number of aromatic nitrogens is 2. The third-order valence-electron chi connectivity index (χ3n) is 3.19. The van der Waals surface area contributed by atoms with Crippen LogP contribution in [0.4, 0.5) is 0 Å². The molecule has 0 bridgehead atoms. The van der Waals surface area contributed by atoms with E-state index in [0.717, 1.165) is 18.5 Å². The van der Waals surface area contributed by atoms with E-state index in [1.54, 1.807) is 6.92 Å². The number of hydrogen-bond acceptors (Lipinski definition) is 4. The van der Waals surface area contributed by atoms with Gasteiger partial charge in [-0.3, -0.25) is 4.68 Å². The van der Waals surface area contributed by atoms with Crippen molar-refractivity contribution in [3.05, 3.63) is 16.4 Å². The zero-order valence-corrected chi connectivity index (χ0v) is 11.8. The quantitative estimate of drug-likeness (QED) is 0.859. The van der Waals surface area contributed by atoms with E-state index >= 15 is 0 Å². The fourth-order valence-electron chi connectivity index (χ4n) is 1.84. The monoisotopic (exact) mass is 292 g/mol. The first-order chi connectivity index (χ1) is 8.48. The highest BCUT2D eigenvalue weighted by Crippen LogP contribution is 2.42. The summed E-state index contributed by atoms with van der Waals surface area (Å²) >= 11 is 6.12. The molecule has 0 radical (unpaired) electrons. The third kappa shape index (κ3) is 2.87. The molecule has 102 valence electrons. The molecule has 0 aromatic carbocycles. The fraction of sp³-hybridized carbons (Fsp3) is 0.727. The summed E-state index contributed by atoms with van der Waals surface area (Å²) in [4.78, 5) is 0. The molecule has 1 aromatic rings. The maximum atomic E-state index is 11.5. The van der Waals surface area contributed by atoms with Gasteiger partial charge in [-0.2, -0.15) is 5.10 Å². The third-order valence-corrected chi connectivity index (χ3v) is 5.30. The predicted octanol–water partition coefficient (Wildman–Crippen LogP) is 1.34. The van der Waals surface area contributed by atoms with E-state index in [9.17, 15) is 13.5 Å². The lowest BCUT2D eigenvalue weighted by Gasteiger charge is -2.03. The zero-order chi connectivity index (χ0) is 13.3. The Balaban J connectivity index is 2.18. The summed E-state index contributed by atoms with van der Waals surface area (Å²) in [6, 6.07) is 0. The van der Waals surface area contributed by atoms with Gasteiger partial charge in [0.25, 0.3) is 0 Å². The average Bonchev–Trinajstić information content (AvgIpc) is 3.12. The van der Waals surface area contributed by atoms with Crippen LogP contribution in [0.1, 0.15) is 36.9 Å². The molecule has 1 heterocycles. The zero-order valence-electron chi connectivity index (χ0n) is 10.3. The lowest BCUT2D eigenvalue weighted by Crippen LogP contribution is -2.15. The summed E-state index contributed by atoms with van der Waals surface area (Å²) in [5, 5.41) is 14.0. The van der Waals surface area contributed by atoms with Gasteiger partial charge in [0, 0.05) is 17.2 Å². The van der Waals surface area contributed by atoms with Gasteiger partial charge in [-0.05, 0) is 12.8 Å². The van der Waals surface area contributed by atoms with Gasteiger partial charge >= 0.3 is 0 Å². The van der Waals surface area contributed by atoms with Gasteiger partial charge in [-0.15, -0.1) is 0 Å². The van der Waals surface area contributed by atoms with Crippen LogP contribution in [0.3, 0.4) is 0 Å². The maximum absolute atomic E-state index is 11.5. The van der Waals surface area contributed by atoms with Gasteiger partial charge in [0.15, 0.2) is 9.84 Å². The van der Waals surface area contributed by atoms with E-state index in [1.165, 1.54) is 4.68 Å². The summed E-state index contributed by atoms with van der Waals surface area (Å²) in [6.07, 6.45) is 2.13. The Morgan fingerprint density at radius 3 is 2.67 bits per heavy atom. The summed E-state index contributed by atoms with van der Waals surface area (Å²) in [6.45, 7) is 1.72. The van der Waals surface area contributed by atoms with Crippen molar-refractivity contribution in [2.24, 2.45) is 0 Å². The molecule has 0 atom stereocenters. The Labute approximate surface area is 112 Å². The summed E-state index contributed by atoms with van der Waals surface area (Å²) in [5.74, 6) is 0.530. The molecular formula is C11H17ClN2O3S. The first-order valence-electron chi connectivity index (χ1n) is 6.05. The van der Waals surface area contributed by atoms with Crippen LogP contribution in [-0.4, -0.2) is 34.8 Å². The van der Waals surface area contributed by atoms with Gasteiger partial charge < -0.3 is 5.11 Å². The molecule has 1 aromatic heterocycles. The number of aliphatic hydroxyl groups is 1. The molecule has 1 fully saturated rings. The van der Waals surface area contributed by atoms with Crippen LogP contribution >= 0.6 is 11.6 Å². The van der Waals surface area contributed by atoms with E-state index in [1.807, 2.05) is 0 Å². The number of rotatable bonds is 6. The van der Waals surface area contributed by atoms with Gasteiger partial charge in [-0.1, -0.05) is 18.5 Å². The van der Waals surface area contributed by atoms with Crippen LogP contribution < -0.4 is 0 Å². The molecule has 0 amide bonds. The van der Waals surface area contributed by atoms with E-state index < -0.39 is 9.84 Å². The van der Waals surface area contributed by atoms with Crippen LogP contribution in [0.2, 0.25) is 5.15 Å². The highest BCUT2D eigenvalue weighted by atomic mass is 35.5.